The van der Waals surface area contributed by atoms with E-state index in [0.717, 1.165) is 15.5 Å². The molecule has 0 amide bonds. The number of hydrogen-bond donors (Lipinski definition) is 0. The minimum absolute atomic E-state index is 0.00237. The Morgan fingerprint density at radius 2 is 1.76 bits per heavy atom. The lowest BCUT2D eigenvalue weighted by Gasteiger charge is -2.16. The van der Waals surface area contributed by atoms with E-state index in [2.05, 4.69) is 16.9 Å². The zero-order chi connectivity index (χ0) is 18.1. The van der Waals surface area contributed by atoms with Crippen molar-refractivity contribution in [3.63, 3.8) is 0 Å². The van der Waals surface area contributed by atoms with E-state index in [1.54, 1.807) is 37.3 Å². The van der Waals surface area contributed by atoms with Gasteiger partial charge in [0.1, 0.15) is 6.54 Å². The van der Waals surface area contributed by atoms with Crippen LogP contribution in [0.15, 0.2) is 70.7 Å². The minimum atomic E-state index is -3.74. The first-order valence-electron chi connectivity index (χ1n) is 7.79. The number of rotatable bonds is 6. The number of allylic oxidation sites excluding steroid dienone is 1. The maximum Gasteiger partial charge on any atom is 0.279 e. The molecule has 2 aromatic rings. The van der Waals surface area contributed by atoms with Crippen molar-refractivity contribution < 1.29 is 8.42 Å². The maximum absolute atomic E-state index is 12.7. The summed E-state index contributed by atoms with van der Waals surface area (Å²) in [4.78, 5) is 0.195. The lowest BCUT2D eigenvalue weighted by Crippen LogP contribution is -2.26. The van der Waals surface area contributed by atoms with Gasteiger partial charge in [-0.1, -0.05) is 60.0 Å². The van der Waals surface area contributed by atoms with Crippen molar-refractivity contribution in [1.82, 2.24) is 4.41 Å². The summed E-state index contributed by atoms with van der Waals surface area (Å²) in [5.74, 6) is 5.45. The molecule has 0 aliphatic heterocycles. The zero-order valence-corrected chi connectivity index (χ0v) is 15.1. The first-order valence-corrected chi connectivity index (χ1v) is 9.23. The first kappa shape index (κ1) is 18.5. The lowest BCUT2D eigenvalue weighted by atomic mass is 10.2. The summed E-state index contributed by atoms with van der Waals surface area (Å²) in [6, 6.07) is 16.4. The van der Waals surface area contributed by atoms with Gasteiger partial charge < -0.3 is 0 Å². The number of benzene rings is 2. The van der Waals surface area contributed by atoms with Gasteiger partial charge >= 0.3 is 0 Å². The third-order valence-corrected chi connectivity index (χ3v) is 5.00. The molecule has 128 valence electrons. The van der Waals surface area contributed by atoms with E-state index in [4.69, 9.17) is 0 Å². The highest BCUT2D eigenvalue weighted by Gasteiger charge is 2.21. The van der Waals surface area contributed by atoms with Crippen molar-refractivity contribution >= 4 is 22.3 Å². The highest BCUT2D eigenvalue weighted by atomic mass is 32.2. The Kier molecular flexibility index (Phi) is 6.55. The van der Waals surface area contributed by atoms with Gasteiger partial charge in [0.05, 0.1) is 4.90 Å². The Bertz CT molecular complexity index is 904. The van der Waals surface area contributed by atoms with E-state index in [-0.39, 0.29) is 11.4 Å². The third-order valence-electron chi connectivity index (χ3n) is 3.36. The molecule has 0 aliphatic rings. The summed E-state index contributed by atoms with van der Waals surface area (Å²) < 4.78 is 26.5. The lowest BCUT2D eigenvalue weighted by molar-refractivity contribution is 0.468. The number of hydrogen-bond acceptors (Lipinski definition) is 3. The van der Waals surface area contributed by atoms with Gasteiger partial charge in [0, 0.05) is 6.21 Å². The molecule has 25 heavy (non-hydrogen) atoms. The predicted molar refractivity (Wildman–Crippen MR) is 102 cm³/mol. The van der Waals surface area contributed by atoms with Crippen LogP contribution in [0.3, 0.4) is 0 Å². The van der Waals surface area contributed by atoms with Crippen molar-refractivity contribution in [1.29, 1.82) is 0 Å². The highest BCUT2D eigenvalue weighted by Crippen LogP contribution is 2.16. The minimum Gasteiger partial charge on any atom is -0.200 e. The van der Waals surface area contributed by atoms with Gasteiger partial charge in [-0.3, -0.25) is 0 Å². The fraction of sp³-hybridized carbons (Fsp3) is 0.150. The molecular formula is C20H20N2O2S. The Hall–Kier alpha value is -2.84. The van der Waals surface area contributed by atoms with Crippen LogP contribution in [0, 0.1) is 18.8 Å². The van der Waals surface area contributed by atoms with Crippen LogP contribution in [-0.2, 0) is 10.0 Å². The second-order valence-corrected chi connectivity index (χ2v) is 7.10. The number of sulfonamides is 1. The van der Waals surface area contributed by atoms with Crippen LogP contribution < -0.4 is 0 Å². The third kappa shape index (κ3) is 5.33. The molecule has 0 aliphatic carbocycles. The van der Waals surface area contributed by atoms with E-state index >= 15 is 0 Å². The van der Waals surface area contributed by atoms with Gasteiger partial charge in [-0.05, 0) is 37.6 Å². The Balaban J connectivity index is 2.22. The van der Waals surface area contributed by atoms with Crippen LogP contribution >= 0.6 is 0 Å². The molecule has 0 unspecified atom stereocenters. The monoisotopic (exact) mass is 352 g/mol. The number of hydrazone groups is 1. The van der Waals surface area contributed by atoms with Gasteiger partial charge in [-0.15, -0.1) is 5.92 Å². The van der Waals surface area contributed by atoms with Crippen molar-refractivity contribution in [2.24, 2.45) is 5.10 Å². The van der Waals surface area contributed by atoms with Crippen LogP contribution in [-0.4, -0.2) is 25.6 Å². The summed E-state index contributed by atoms with van der Waals surface area (Å²) in [5, 5.41) is 4.08. The normalized spacial score (nSPS) is 11.4. The van der Waals surface area contributed by atoms with Gasteiger partial charge in [-0.2, -0.15) is 17.9 Å². The number of nitrogens with zero attached hydrogens (tertiary/aromatic N) is 2. The molecule has 0 atom stereocenters. The largest absolute Gasteiger partial charge is 0.279 e. The zero-order valence-electron chi connectivity index (χ0n) is 14.3. The predicted octanol–water partition coefficient (Wildman–Crippen LogP) is 3.71. The van der Waals surface area contributed by atoms with Gasteiger partial charge in [-0.25, -0.2) is 0 Å². The van der Waals surface area contributed by atoms with Crippen LogP contribution in [0.2, 0.25) is 0 Å². The molecule has 0 saturated heterocycles. The summed E-state index contributed by atoms with van der Waals surface area (Å²) in [6.07, 6.45) is 5.01. The quantitative estimate of drug-likeness (QED) is 0.452. The Morgan fingerprint density at radius 1 is 1.08 bits per heavy atom. The fourth-order valence-corrected chi connectivity index (χ4v) is 3.13. The van der Waals surface area contributed by atoms with E-state index in [1.807, 2.05) is 43.3 Å². The SMILES string of the molecule is CC#CCN(/N=C/C=C/c1ccccc1)S(=O)(=O)c1ccc(C)cc1. The molecule has 0 saturated carbocycles. The highest BCUT2D eigenvalue weighted by molar-refractivity contribution is 7.89. The smallest absolute Gasteiger partial charge is 0.200 e. The maximum atomic E-state index is 12.7. The fourth-order valence-electron chi connectivity index (χ4n) is 2.00. The van der Waals surface area contributed by atoms with Crippen LogP contribution in [0.25, 0.3) is 6.08 Å². The van der Waals surface area contributed by atoms with Crippen molar-refractivity contribution in [2.75, 3.05) is 6.54 Å². The molecule has 0 heterocycles. The average molecular weight is 352 g/mol. The summed E-state index contributed by atoms with van der Waals surface area (Å²) in [7, 11) is -3.74. The van der Waals surface area contributed by atoms with Crippen LogP contribution in [0.4, 0.5) is 0 Å². The van der Waals surface area contributed by atoms with Crippen LogP contribution in [0.1, 0.15) is 18.1 Å². The van der Waals surface area contributed by atoms with Crippen molar-refractivity contribution in [3.8, 4) is 11.8 Å². The molecule has 5 heteroatoms. The van der Waals surface area contributed by atoms with Gasteiger partial charge in [0.25, 0.3) is 10.0 Å². The summed E-state index contributed by atoms with van der Waals surface area (Å²) in [5.41, 5.74) is 2.00. The average Bonchev–Trinajstić information content (AvgIpc) is 2.62. The molecule has 2 aromatic carbocycles. The van der Waals surface area contributed by atoms with E-state index in [1.165, 1.54) is 6.21 Å². The van der Waals surface area contributed by atoms with Crippen molar-refractivity contribution in [2.45, 2.75) is 18.7 Å². The molecule has 0 fully saturated rings. The van der Waals surface area contributed by atoms with Gasteiger partial charge in [0.2, 0.25) is 0 Å². The van der Waals surface area contributed by atoms with Crippen LogP contribution in [0.5, 0.6) is 0 Å². The molecule has 0 bridgehead atoms. The molecular weight excluding hydrogens is 332 g/mol. The number of aryl methyl sites for hydroxylation is 1. The molecule has 0 aromatic heterocycles. The van der Waals surface area contributed by atoms with E-state index < -0.39 is 10.0 Å². The Morgan fingerprint density at radius 3 is 2.40 bits per heavy atom. The second-order valence-electron chi connectivity index (χ2n) is 5.26. The first-order chi connectivity index (χ1) is 12.0. The molecule has 4 nitrogen and oxygen atoms in total. The summed E-state index contributed by atoms with van der Waals surface area (Å²) in [6.45, 7) is 3.57. The Labute approximate surface area is 149 Å². The topological polar surface area (TPSA) is 49.7 Å². The molecule has 0 N–H and O–H groups in total. The molecule has 2 rings (SSSR count). The molecule has 0 radical (unpaired) electrons. The van der Waals surface area contributed by atoms with Crippen molar-refractivity contribution in [3.05, 3.63) is 71.8 Å². The molecule has 0 spiro atoms. The summed E-state index contributed by atoms with van der Waals surface area (Å²) >= 11 is 0. The second kappa shape index (κ2) is 8.86. The standard InChI is InChI=1S/C20H20N2O2S/c1-3-4-17-22(21-16-8-11-19-9-6-5-7-10-19)25(23,24)20-14-12-18(2)13-15-20/h5-16H,17H2,1-2H3/b11-8+,21-16+. The van der Waals surface area contributed by atoms with E-state index in [9.17, 15) is 8.42 Å². The van der Waals surface area contributed by atoms with Gasteiger partial charge in [0.15, 0.2) is 0 Å². The van der Waals surface area contributed by atoms with E-state index in [0.29, 0.717) is 0 Å².